The van der Waals surface area contributed by atoms with Crippen molar-refractivity contribution in [2.24, 2.45) is 0 Å². The number of nitrogens with one attached hydrogen (secondary N) is 10. The first-order valence-corrected chi connectivity index (χ1v) is 47.7. The molecule has 143 heavy (non-hydrogen) atoms. The van der Waals surface area contributed by atoms with Crippen LogP contribution in [0.2, 0.25) is 0 Å². The summed E-state index contributed by atoms with van der Waals surface area (Å²) in [5.41, 5.74) is -1.57. The van der Waals surface area contributed by atoms with Crippen LogP contribution in [0.3, 0.4) is 0 Å². The Morgan fingerprint density at radius 3 is 0.811 bits per heavy atom. The molecule has 4 rings (SSSR count). The zero-order chi connectivity index (χ0) is 106. The molecule has 15 atom stereocenters. The summed E-state index contributed by atoms with van der Waals surface area (Å²) in [7, 11) is 0. The van der Waals surface area contributed by atoms with Gasteiger partial charge in [-0.05, 0) is 70.6 Å². The fourth-order valence-electron chi connectivity index (χ4n) is 14.8. The van der Waals surface area contributed by atoms with Crippen LogP contribution in [0.4, 0.5) is 0 Å². The van der Waals surface area contributed by atoms with Crippen LogP contribution in [0, 0.1) is 0 Å². The first-order valence-electron chi connectivity index (χ1n) is 47.7. The molecule has 0 unspecified atom stereocenters. The molecule has 0 aromatic rings. The summed E-state index contributed by atoms with van der Waals surface area (Å²) in [6.45, 7) is 11.4. The number of hydrogen-bond acceptors (Lipinski definition) is 41. The largest absolute Gasteiger partial charge is 0.463 e. The normalized spacial score (nSPS) is 21.2. The van der Waals surface area contributed by atoms with E-state index in [1.807, 2.05) is 0 Å². The maximum Gasteiger partial charge on any atom is 0.333 e. The second-order valence-electron chi connectivity index (χ2n) is 34.0. The van der Waals surface area contributed by atoms with E-state index in [9.17, 15) is 105 Å². The Balaban J connectivity index is 1.38. The molecule has 0 radical (unpaired) electrons. The maximum atomic E-state index is 14.1. The third-order valence-electron chi connectivity index (χ3n) is 21.1. The third-order valence-corrected chi connectivity index (χ3v) is 21.1. The lowest BCUT2D eigenvalue weighted by atomic mass is 9.96. The van der Waals surface area contributed by atoms with Crippen LogP contribution < -0.4 is 53.2 Å². The number of esters is 9. The predicted octanol–water partition coefficient (Wildman–Crippen LogP) is -1.59. The molecule has 0 aromatic heterocycles. The van der Waals surface area contributed by atoms with Gasteiger partial charge in [-0.25, -0.2) is 4.79 Å². The first-order chi connectivity index (χ1) is 67.9. The topological polar surface area (TPSA) is 674 Å². The van der Waals surface area contributed by atoms with Crippen molar-refractivity contribution < 1.29 is 196 Å². The number of unbranched alkanes of at least 4 members (excludes halogenated alkanes) is 6. The van der Waals surface area contributed by atoms with Crippen molar-refractivity contribution in [1.29, 1.82) is 0 Å². The Hall–Kier alpha value is -11.8. The van der Waals surface area contributed by atoms with E-state index in [0.717, 1.165) is 62.3 Å². The SMILES string of the molecule is CC(=O)N[C@H]1[C@H](OCCCCC(=O)NCCCNC(=O)CCOCC(COCCC(=O)NCCCNC(=O)CCCCO[C@@H]2O[C@H](COC(C)=O)[C@H](OC(C)=O)[C@H](OC(C)=O)[C@H]2NC(C)=O)(COCCC(=O)NCCCNC(=O)CCCCO[C@@H]2O[C@H](COC(C)=O)[C@H](OC(C)=O)[C@H](OC(C)=O)[C@H]2NC(C)=O)NC(=O)CCCCCCC(=O)ON2C(=O)CCC2=O)O[C@H](COC(C)=O)[C@H](OC(C)=O)[C@@H]1OC(C)=O. The Kier molecular flexibility index (Phi) is 59.1. The summed E-state index contributed by atoms with van der Waals surface area (Å²) >= 11 is 0. The Morgan fingerprint density at radius 2 is 0.545 bits per heavy atom. The monoisotopic (exact) mass is 2050 g/mol. The van der Waals surface area contributed by atoms with Gasteiger partial charge < -0.3 is 143 Å². The summed E-state index contributed by atoms with van der Waals surface area (Å²) in [5.74, 6) is -13.4. The number of hydrogen-bond donors (Lipinski definition) is 10. The molecule has 0 saturated carbocycles. The van der Waals surface area contributed by atoms with Crippen molar-refractivity contribution in [3.05, 3.63) is 0 Å². The average Bonchev–Trinajstić information content (AvgIpc) is 0.970. The molecule has 0 spiro atoms. The fourth-order valence-corrected chi connectivity index (χ4v) is 14.8. The van der Waals surface area contributed by atoms with E-state index in [4.69, 9.17) is 90.1 Å². The Bertz CT molecular complexity index is 3820. The highest BCUT2D eigenvalue weighted by Crippen LogP contribution is 2.33. The number of imide groups is 1. The predicted molar refractivity (Wildman–Crippen MR) is 485 cm³/mol. The van der Waals surface area contributed by atoms with Crippen molar-refractivity contribution in [3.63, 3.8) is 0 Å². The highest BCUT2D eigenvalue weighted by molar-refractivity contribution is 6.01. The number of carbonyl (C=O) groups excluding carboxylic acids is 22. The summed E-state index contributed by atoms with van der Waals surface area (Å²) < 4.78 is 102. The fraction of sp³-hybridized carbons (Fsp3) is 0.758. The minimum absolute atomic E-state index is 0.0314. The second kappa shape index (κ2) is 68.4. The van der Waals surface area contributed by atoms with Gasteiger partial charge in [0.25, 0.3) is 11.8 Å². The van der Waals surface area contributed by atoms with Crippen LogP contribution in [-0.2, 0) is 196 Å². The minimum Gasteiger partial charge on any atom is -0.463 e. The van der Waals surface area contributed by atoms with Crippen LogP contribution in [0.25, 0.3) is 0 Å². The van der Waals surface area contributed by atoms with Crippen molar-refractivity contribution >= 4 is 131 Å². The standard InChI is InChI=1S/C91H143N11O41/c1-54(103)98-79-85(137-63(10)112)82(134-60(7)109)66(48-131-57(4)106)140-88(79)128-42-20-17-26-69(115)92-36-23-39-95-72(118)33-45-125-51-91(101-75(121)29-15-13-14-16-30-78(124)143-102-76(122)31-32-77(102)123,52-126-46-34-73(119)96-40-24-37-93-70(116)27-18-21-43-129-89-80(99-55(2)104)86(138-64(11)113)83(135-61(8)110)67(141-89)49-132-58(5)107)53-127-47-35-74(120)97-41-25-38-94-71(117)28-19-22-44-130-90-81(100-56(3)105)87(139-65(12)114)84(136-62(9)111)68(142-90)50-133-59(6)108/h66-68,79-90H,13-53H2,1-12H3,(H,92,115)(H,93,116)(H,94,117)(H,95,118)(H,96,119)(H,97,120)(H,98,103)(H,99,104)(H,100,105)(H,101,121)/t66-,67-,68-,79-,80-,81-,82+,83+,84+,85-,86-,87-,88-,89-,90-/m1/s1. The quantitative estimate of drug-likeness (QED) is 0.0142. The van der Waals surface area contributed by atoms with Crippen LogP contribution >= 0.6 is 0 Å². The van der Waals surface area contributed by atoms with Crippen molar-refractivity contribution in [2.75, 3.05) is 119 Å². The second-order valence-corrected chi connectivity index (χ2v) is 34.0. The molecular formula is C91H143N11O41. The molecular weight excluding hydrogens is 1900 g/mol. The van der Waals surface area contributed by atoms with Gasteiger partial charge in [0.2, 0.25) is 59.1 Å². The van der Waals surface area contributed by atoms with Gasteiger partial charge in [0.15, 0.2) is 55.5 Å². The molecule has 0 aromatic carbocycles. The maximum absolute atomic E-state index is 14.1. The molecule has 0 bridgehead atoms. The van der Waals surface area contributed by atoms with Crippen molar-refractivity contribution in [3.8, 4) is 0 Å². The molecule has 4 heterocycles. The molecule has 4 fully saturated rings. The van der Waals surface area contributed by atoms with E-state index in [-0.39, 0.29) is 187 Å². The Labute approximate surface area is 827 Å². The van der Waals surface area contributed by atoms with Gasteiger partial charge in [0.05, 0.1) is 39.6 Å². The number of ether oxygens (including phenoxy) is 18. The van der Waals surface area contributed by atoms with Gasteiger partial charge in [0, 0.05) is 206 Å². The third kappa shape index (κ3) is 52.3. The number of nitrogens with zero attached hydrogens (tertiary/aromatic N) is 1. The summed E-state index contributed by atoms with van der Waals surface area (Å²) in [4.78, 5) is 280. The molecule has 4 aliphatic rings. The van der Waals surface area contributed by atoms with Crippen molar-refractivity contribution in [1.82, 2.24) is 58.2 Å². The zero-order valence-corrected chi connectivity index (χ0v) is 83.3. The molecule has 0 aliphatic carbocycles. The lowest BCUT2D eigenvalue weighted by molar-refractivity contribution is -0.277. The minimum atomic E-state index is -1.57. The van der Waals surface area contributed by atoms with E-state index in [1.54, 1.807) is 0 Å². The molecule has 10 N–H and O–H groups in total. The summed E-state index contributed by atoms with van der Waals surface area (Å²) in [6, 6.07) is -3.56. The highest BCUT2D eigenvalue weighted by Gasteiger charge is 2.55. The number of amides is 12. The molecule has 52 heteroatoms. The molecule has 4 saturated heterocycles. The summed E-state index contributed by atoms with van der Waals surface area (Å²) in [6.07, 6.45) is -12.1. The highest BCUT2D eigenvalue weighted by atomic mass is 16.7. The number of hydroxylamine groups is 2. The van der Waals surface area contributed by atoms with Gasteiger partial charge in [-0.3, -0.25) is 101 Å². The average molecular weight is 2050 g/mol. The number of rotatable bonds is 69. The molecule has 12 amide bonds. The van der Waals surface area contributed by atoms with Gasteiger partial charge in [0.1, 0.15) is 61.8 Å². The van der Waals surface area contributed by atoms with Gasteiger partial charge in [-0.1, -0.05) is 12.8 Å². The number of carbonyl (C=O) groups is 22. The van der Waals surface area contributed by atoms with E-state index in [0.29, 0.717) is 82.1 Å². The van der Waals surface area contributed by atoms with Crippen LogP contribution in [0.1, 0.15) is 231 Å². The van der Waals surface area contributed by atoms with Crippen molar-refractivity contribution in [2.45, 2.75) is 328 Å². The van der Waals surface area contributed by atoms with E-state index in [1.165, 1.54) is 20.8 Å². The Morgan fingerprint density at radius 1 is 0.294 bits per heavy atom. The molecule has 52 nitrogen and oxygen atoms in total. The van der Waals surface area contributed by atoms with Gasteiger partial charge in [-0.15, -0.1) is 5.06 Å². The van der Waals surface area contributed by atoms with Gasteiger partial charge in [-0.2, -0.15) is 0 Å². The van der Waals surface area contributed by atoms with Crippen LogP contribution in [0.5, 0.6) is 0 Å². The first kappa shape index (κ1) is 123. The molecule has 808 valence electrons. The lowest BCUT2D eigenvalue weighted by Crippen LogP contribution is -2.66. The van der Waals surface area contributed by atoms with Gasteiger partial charge >= 0.3 is 59.7 Å². The van der Waals surface area contributed by atoms with E-state index < -0.39 is 230 Å². The van der Waals surface area contributed by atoms with E-state index in [2.05, 4.69) is 53.2 Å². The van der Waals surface area contributed by atoms with E-state index >= 15 is 0 Å². The molecule has 4 aliphatic heterocycles. The summed E-state index contributed by atoms with van der Waals surface area (Å²) in [5, 5.41) is 27.9. The smallest absolute Gasteiger partial charge is 0.333 e. The van der Waals surface area contributed by atoms with Crippen LogP contribution in [-0.4, -0.2) is 352 Å². The lowest BCUT2D eigenvalue weighted by Gasteiger charge is -2.44. The zero-order valence-electron chi connectivity index (χ0n) is 83.3. The van der Waals surface area contributed by atoms with Crippen LogP contribution in [0.15, 0.2) is 0 Å².